The molecule has 0 fully saturated rings. The fraction of sp³-hybridized carbons (Fsp3) is 0.483. The monoisotopic (exact) mass is 562 g/mol. The van der Waals surface area contributed by atoms with Gasteiger partial charge in [-0.05, 0) is 66.1 Å². The molecule has 1 aliphatic rings. The molecule has 2 atom stereocenters. The Kier molecular flexibility index (Phi) is 12.4. The van der Waals surface area contributed by atoms with Crippen molar-refractivity contribution in [2.24, 2.45) is 5.41 Å². The number of nitrogens with one attached hydrogen (secondary N) is 2. The van der Waals surface area contributed by atoms with Crippen LogP contribution >= 0.6 is 11.6 Å². The lowest BCUT2D eigenvalue weighted by atomic mass is 9.88. The molecule has 39 heavy (non-hydrogen) atoms. The van der Waals surface area contributed by atoms with E-state index < -0.39 is 24.1 Å². The second kappa shape index (κ2) is 15.0. The van der Waals surface area contributed by atoms with Crippen molar-refractivity contribution in [3.05, 3.63) is 63.7 Å². The average molecular weight is 563 g/mol. The van der Waals surface area contributed by atoms with Gasteiger partial charge in [0.15, 0.2) is 12.2 Å². The highest BCUT2D eigenvalue weighted by Crippen LogP contribution is 2.31. The molecule has 0 aromatic heterocycles. The zero-order chi connectivity index (χ0) is 29.2. The molecule has 1 heterocycles. The molecule has 0 saturated heterocycles. The molecule has 0 spiro atoms. The Labute approximate surface area is 234 Å². The first-order valence-electron chi connectivity index (χ1n) is 12.9. The Morgan fingerprint density at radius 1 is 0.923 bits per heavy atom. The number of hydrogen-bond acceptors (Lipinski definition) is 7. The number of benzene rings is 2. The van der Waals surface area contributed by atoms with E-state index in [0.717, 1.165) is 49.6 Å². The number of anilines is 1. The van der Waals surface area contributed by atoms with E-state index in [-0.39, 0.29) is 5.41 Å². The van der Waals surface area contributed by atoms with Crippen LogP contribution in [-0.2, 0) is 40.2 Å². The van der Waals surface area contributed by atoms with Crippen molar-refractivity contribution in [2.45, 2.75) is 71.6 Å². The van der Waals surface area contributed by atoms with E-state index in [0.29, 0.717) is 18.6 Å². The number of aryl methyl sites for hydroxylation is 1. The maximum absolute atomic E-state index is 12.1. The third-order valence-electron chi connectivity index (χ3n) is 6.20. The third-order valence-corrected chi connectivity index (χ3v) is 6.51. The van der Waals surface area contributed by atoms with E-state index in [4.69, 9.17) is 32.0 Å². The van der Waals surface area contributed by atoms with E-state index in [9.17, 15) is 14.4 Å². The quantitative estimate of drug-likeness (QED) is 0.255. The van der Waals surface area contributed by atoms with Gasteiger partial charge in [0.05, 0.1) is 10.7 Å². The Morgan fingerprint density at radius 2 is 1.49 bits per heavy atom. The number of fused-ring (bicyclic) bond motifs is 1. The number of hydrogen-bond donors (Lipinski definition) is 6. The van der Waals surface area contributed by atoms with Gasteiger partial charge in [-0.1, -0.05) is 62.7 Å². The predicted molar refractivity (Wildman–Crippen MR) is 150 cm³/mol. The molecule has 0 bridgehead atoms. The van der Waals surface area contributed by atoms with Crippen LogP contribution in [0.5, 0.6) is 0 Å². The highest BCUT2D eigenvalue weighted by molar-refractivity contribution is 6.33. The number of carbonyl (C=O) groups is 3. The molecule has 2 aromatic carbocycles. The largest absolute Gasteiger partial charge is 0.479 e. The number of Topliss-reactive ketones (excluding diaryl/α,β-unsaturated/α-hetero) is 1. The highest BCUT2D eigenvalue weighted by Gasteiger charge is 2.29. The minimum atomic E-state index is -2.27. The average Bonchev–Trinajstić information content (AvgIpc) is 3.11. The van der Waals surface area contributed by atoms with E-state index in [1.807, 2.05) is 6.07 Å². The van der Waals surface area contributed by atoms with E-state index in [1.54, 1.807) is 0 Å². The Balaban J connectivity index is 0.000000455. The van der Waals surface area contributed by atoms with Gasteiger partial charge < -0.3 is 31.1 Å². The molecule has 214 valence electrons. The predicted octanol–water partition coefficient (Wildman–Crippen LogP) is 3.46. The van der Waals surface area contributed by atoms with Crippen molar-refractivity contribution < 1.29 is 34.8 Å². The summed E-state index contributed by atoms with van der Waals surface area (Å²) in [6.45, 7) is 9.09. The number of ketones is 1. The number of aliphatic hydroxyl groups is 2. The van der Waals surface area contributed by atoms with Crippen molar-refractivity contribution in [1.29, 1.82) is 0 Å². The maximum atomic E-state index is 12.1. The second-order valence-corrected chi connectivity index (χ2v) is 11.2. The second-order valence-electron chi connectivity index (χ2n) is 10.8. The number of carboxylic acids is 2. The molecule has 0 aliphatic carbocycles. The summed E-state index contributed by atoms with van der Waals surface area (Å²) in [6, 6.07) is 12.7. The Morgan fingerprint density at radius 3 is 2.05 bits per heavy atom. The lowest BCUT2D eigenvalue weighted by molar-refractivity contribution is -0.165. The number of aliphatic hydroxyl groups excluding tert-OH is 2. The normalized spacial score (nSPS) is 14.6. The standard InChI is InChI=1S/C25H33ClN2O.C4H6O6/c1-25(2,3)16-21(29)10-8-18-4-6-19(7-5-18)17-28-24-22-13-15-27-14-12-20(22)9-11-23(24)26;5-1(3(7)8)2(6)4(9)10/h4-7,9,11,27-28H,8,10,12-17H2,1-3H3;1-2,5-6H,(H,7,8)(H,9,10)/t;1-,2-/m.1/s1. The fourth-order valence-electron chi connectivity index (χ4n) is 4.18. The molecule has 1 aliphatic heterocycles. The summed E-state index contributed by atoms with van der Waals surface area (Å²) in [5.74, 6) is -3.19. The van der Waals surface area contributed by atoms with Crippen molar-refractivity contribution in [3.8, 4) is 0 Å². The van der Waals surface area contributed by atoms with Gasteiger partial charge in [-0.3, -0.25) is 4.79 Å². The molecule has 6 N–H and O–H groups in total. The van der Waals surface area contributed by atoms with Gasteiger partial charge >= 0.3 is 11.9 Å². The minimum absolute atomic E-state index is 0.0690. The summed E-state index contributed by atoms with van der Waals surface area (Å²) in [6.07, 6.45) is -0.409. The molecule has 0 radical (unpaired) electrons. The number of carboxylic acid groups (broad SMARTS) is 2. The Hall–Kier alpha value is -2.98. The topological polar surface area (TPSA) is 156 Å². The van der Waals surface area contributed by atoms with Crippen molar-refractivity contribution >= 4 is 35.0 Å². The first-order chi connectivity index (χ1) is 18.3. The molecular weight excluding hydrogens is 524 g/mol. The van der Waals surface area contributed by atoms with Crippen LogP contribution in [0.4, 0.5) is 5.69 Å². The lowest BCUT2D eigenvalue weighted by Crippen LogP contribution is -2.39. The summed E-state index contributed by atoms with van der Waals surface area (Å²) in [4.78, 5) is 31.6. The summed E-state index contributed by atoms with van der Waals surface area (Å²) < 4.78 is 0. The van der Waals surface area contributed by atoms with E-state index in [2.05, 4.69) is 61.7 Å². The Bertz CT molecular complexity index is 1110. The van der Waals surface area contributed by atoms with Crippen molar-refractivity contribution in [2.75, 3.05) is 18.4 Å². The molecule has 2 aromatic rings. The van der Waals surface area contributed by atoms with Gasteiger partial charge in [-0.2, -0.15) is 0 Å². The van der Waals surface area contributed by atoms with Crippen molar-refractivity contribution in [1.82, 2.24) is 5.32 Å². The maximum Gasteiger partial charge on any atom is 0.335 e. The summed E-state index contributed by atoms with van der Waals surface area (Å²) in [7, 11) is 0. The zero-order valence-electron chi connectivity index (χ0n) is 22.7. The number of rotatable bonds is 10. The SMILES string of the molecule is CC(C)(C)CC(=O)CCc1ccc(CNc2c(Cl)ccc3c2CCNCC3)cc1.O=C(O)[C@H](O)[C@@H](O)C(=O)O. The third kappa shape index (κ3) is 11.0. The van der Waals surface area contributed by atoms with Crippen LogP contribution in [0.15, 0.2) is 36.4 Å². The fourth-order valence-corrected chi connectivity index (χ4v) is 4.43. The van der Waals surface area contributed by atoms with Gasteiger partial charge in [0, 0.05) is 19.4 Å². The van der Waals surface area contributed by atoms with Gasteiger partial charge in [-0.25, -0.2) is 9.59 Å². The van der Waals surface area contributed by atoms with Crippen LogP contribution < -0.4 is 10.6 Å². The van der Waals surface area contributed by atoms with Crippen LogP contribution in [0, 0.1) is 5.41 Å². The smallest absolute Gasteiger partial charge is 0.335 e. The molecule has 0 amide bonds. The van der Waals surface area contributed by atoms with Crippen LogP contribution in [0.1, 0.15) is 55.9 Å². The summed E-state index contributed by atoms with van der Waals surface area (Å²) in [5, 5.41) is 40.3. The number of aliphatic carboxylic acids is 2. The number of carbonyl (C=O) groups excluding carboxylic acids is 1. The molecule has 0 saturated carbocycles. The highest BCUT2D eigenvalue weighted by atomic mass is 35.5. The van der Waals surface area contributed by atoms with Crippen LogP contribution in [-0.4, -0.2) is 63.4 Å². The van der Waals surface area contributed by atoms with Gasteiger partial charge in [0.1, 0.15) is 5.78 Å². The first kappa shape index (κ1) is 32.2. The molecular formula is C29H39ClN2O7. The molecule has 10 heteroatoms. The number of halogens is 1. The van der Waals surface area contributed by atoms with Gasteiger partial charge in [0.2, 0.25) is 0 Å². The van der Waals surface area contributed by atoms with Crippen LogP contribution in [0.25, 0.3) is 0 Å². The molecule has 9 nitrogen and oxygen atoms in total. The first-order valence-corrected chi connectivity index (χ1v) is 13.3. The summed E-state index contributed by atoms with van der Waals surface area (Å²) >= 11 is 6.51. The minimum Gasteiger partial charge on any atom is -0.479 e. The lowest BCUT2D eigenvalue weighted by Gasteiger charge is -2.17. The molecule has 0 unspecified atom stereocenters. The van der Waals surface area contributed by atoms with E-state index in [1.165, 1.54) is 22.3 Å². The van der Waals surface area contributed by atoms with Gasteiger partial charge in [0.25, 0.3) is 0 Å². The summed E-state index contributed by atoms with van der Waals surface area (Å²) in [5.41, 5.74) is 6.31. The molecule has 3 rings (SSSR count). The van der Waals surface area contributed by atoms with Crippen LogP contribution in [0.3, 0.4) is 0 Å². The van der Waals surface area contributed by atoms with Crippen LogP contribution in [0.2, 0.25) is 5.02 Å². The zero-order valence-corrected chi connectivity index (χ0v) is 23.4. The van der Waals surface area contributed by atoms with E-state index >= 15 is 0 Å². The van der Waals surface area contributed by atoms with Gasteiger partial charge in [-0.15, -0.1) is 0 Å². The van der Waals surface area contributed by atoms with Crippen molar-refractivity contribution in [3.63, 3.8) is 0 Å².